The zero-order chi connectivity index (χ0) is 27.1. The summed E-state index contributed by atoms with van der Waals surface area (Å²) in [6, 6.07) is 0. The summed E-state index contributed by atoms with van der Waals surface area (Å²) in [6.45, 7) is 18.4. The summed E-state index contributed by atoms with van der Waals surface area (Å²) in [6.07, 6.45) is -2.35. The van der Waals surface area contributed by atoms with Crippen LogP contribution in [0.1, 0.15) is 101 Å². The van der Waals surface area contributed by atoms with E-state index in [1.54, 1.807) is 21.0 Å². The SMILES string of the molecule is CC.CC.CC.COC(C)(C)CCOC(C)(C)C(=O)NCCCCCC(=O)OCC(F)(F)F. The fraction of sp³-hybridized carbons (Fsp3) is 0.917. The van der Waals surface area contributed by atoms with E-state index in [4.69, 9.17) is 9.47 Å². The quantitative estimate of drug-likeness (QED) is 0.237. The van der Waals surface area contributed by atoms with Crippen molar-refractivity contribution in [3.05, 3.63) is 0 Å². The molecule has 0 radical (unpaired) electrons. The van der Waals surface area contributed by atoms with E-state index in [1.165, 1.54) is 0 Å². The maximum absolute atomic E-state index is 12.2. The second-order valence-corrected chi connectivity index (χ2v) is 7.42. The molecule has 0 aliphatic heterocycles. The Kier molecular flexibility index (Phi) is 26.4. The molecule has 0 saturated heterocycles. The summed E-state index contributed by atoms with van der Waals surface area (Å²) in [5.41, 5.74) is -1.31. The molecule has 33 heavy (non-hydrogen) atoms. The van der Waals surface area contributed by atoms with Crippen molar-refractivity contribution < 1.29 is 37.0 Å². The number of hydrogen-bond donors (Lipinski definition) is 1. The summed E-state index contributed by atoms with van der Waals surface area (Å²) in [7, 11) is 1.62. The monoisotopic (exact) mass is 489 g/mol. The lowest BCUT2D eigenvalue weighted by atomic mass is 10.1. The third kappa shape index (κ3) is 26.8. The Balaban J connectivity index is -0.000000642. The predicted octanol–water partition coefficient (Wildman–Crippen LogP) is 6.46. The van der Waals surface area contributed by atoms with Crippen LogP contribution in [0.2, 0.25) is 0 Å². The zero-order valence-electron chi connectivity index (χ0n) is 22.8. The Labute approximate surface area is 200 Å². The highest BCUT2D eigenvalue weighted by molar-refractivity contribution is 5.84. The van der Waals surface area contributed by atoms with Gasteiger partial charge in [0.1, 0.15) is 5.60 Å². The van der Waals surface area contributed by atoms with Crippen LogP contribution in [0.4, 0.5) is 13.2 Å². The number of halogens is 3. The van der Waals surface area contributed by atoms with E-state index in [2.05, 4.69) is 10.1 Å². The fourth-order valence-electron chi connectivity index (χ4n) is 1.94. The molecule has 0 bridgehead atoms. The number of hydrogen-bond acceptors (Lipinski definition) is 5. The van der Waals surface area contributed by atoms with Gasteiger partial charge in [-0.2, -0.15) is 13.2 Å². The molecule has 6 nitrogen and oxygen atoms in total. The number of ether oxygens (including phenoxy) is 3. The second kappa shape index (κ2) is 22.4. The molecule has 9 heteroatoms. The smallest absolute Gasteiger partial charge is 0.422 e. The van der Waals surface area contributed by atoms with Gasteiger partial charge in [-0.3, -0.25) is 9.59 Å². The third-order valence-corrected chi connectivity index (χ3v) is 4.01. The van der Waals surface area contributed by atoms with Crippen molar-refractivity contribution >= 4 is 11.9 Å². The van der Waals surface area contributed by atoms with Gasteiger partial charge in [0.25, 0.3) is 5.91 Å². The first kappa shape index (κ1) is 38.9. The maximum atomic E-state index is 12.2. The van der Waals surface area contributed by atoms with E-state index in [0.717, 1.165) is 0 Å². The molecule has 202 valence electrons. The van der Waals surface area contributed by atoms with Crippen LogP contribution in [0.25, 0.3) is 0 Å². The van der Waals surface area contributed by atoms with Crippen molar-refractivity contribution in [3.8, 4) is 0 Å². The summed E-state index contributed by atoms with van der Waals surface area (Å²) < 4.78 is 50.7. The van der Waals surface area contributed by atoms with Crippen molar-refractivity contribution in [1.29, 1.82) is 0 Å². The first-order chi connectivity index (χ1) is 15.3. The standard InChI is InChI=1S/C18H32F3NO5.3C2H6/c1-16(2,25-5)10-12-27-17(3,4)15(24)22-11-8-6-7-9-14(23)26-13-18(19,20)21;3*1-2/h6-13H2,1-5H3,(H,22,24);3*1-2H3. The van der Waals surface area contributed by atoms with Gasteiger partial charge in [-0.1, -0.05) is 48.0 Å². The van der Waals surface area contributed by atoms with Gasteiger partial charge in [0.2, 0.25) is 0 Å². The maximum Gasteiger partial charge on any atom is 0.422 e. The van der Waals surface area contributed by atoms with Gasteiger partial charge in [-0.05, 0) is 47.0 Å². The van der Waals surface area contributed by atoms with E-state index in [1.807, 2.05) is 55.4 Å². The van der Waals surface area contributed by atoms with Crippen LogP contribution in [0.5, 0.6) is 0 Å². The van der Waals surface area contributed by atoms with Crippen LogP contribution >= 0.6 is 0 Å². The number of unbranched alkanes of at least 4 members (excludes halogenated alkanes) is 2. The Bertz CT molecular complexity index is 468. The van der Waals surface area contributed by atoms with E-state index < -0.39 is 24.4 Å². The molecule has 0 spiro atoms. The average molecular weight is 490 g/mol. The molecule has 0 fully saturated rings. The van der Waals surface area contributed by atoms with E-state index >= 15 is 0 Å². The fourth-order valence-corrected chi connectivity index (χ4v) is 1.94. The molecule has 0 atom stereocenters. The molecule has 1 amide bonds. The van der Waals surface area contributed by atoms with E-state index in [9.17, 15) is 22.8 Å². The van der Waals surface area contributed by atoms with Crippen molar-refractivity contribution in [2.75, 3.05) is 26.9 Å². The van der Waals surface area contributed by atoms with Crippen molar-refractivity contribution in [2.45, 2.75) is 119 Å². The summed E-state index contributed by atoms with van der Waals surface area (Å²) in [5.74, 6) is -1.12. The Morgan fingerprint density at radius 3 is 1.82 bits per heavy atom. The van der Waals surface area contributed by atoms with Gasteiger partial charge in [-0.15, -0.1) is 0 Å². The predicted molar refractivity (Wildman–Crippen MR) is 128 cm³/mol. The number of alkyl halides is 3. The molecule has 0 rings (SSSR count). The molecule has 0 aromatic rings. The molecule has 0 heterocycles. The molecule has 0 aliphatic rings. The lowest BCUT2D eigenvalue weighted by Crippen LogP contribution is -2.45. The lowest BCUT2D eigenvalue weighted by Gasteiger charge is -2.28. The average Bonchev–Trinajstić information content (AvgIpc) is 2.77. The molecule has 0 saturated carbocycles. The van der Waals surface area contributed by atoms with Gasteiger partial charge in [0.05, 0.1) is 12.2 Å². The third-order valence-electron chi connectivity index (χ3n) is 4.01. The molecule has 0 aromatic carbocycles. The van der Waals surface area contributed by atoms with Crippen LogP contribution in [0, 0.1) is 0 Å². The minimum Gasteiger partial charge on any atom is -0.456 e. The van der Waals surface area contributed by atoms with Crippen molar-refractivity contribution in [1.82, 2.24) is 5.32 Å². The number of esters is 1. The normalized spacial score (nSPS) is 11.0. The van der Waals surface area contributed by atoms with E-state index in [0.29, 0.717) is 38.8 Å². The summed E-state index contributed by atoms with van der Waals surface area (Å²) in [4.78, 5) is 23.3. The largest absolute Gasteiger partial charge is 0.456 e. The molecule has 0 aliphatic carbocycles. The number of carbonyl (C=O) groups excluding carboxylic acids is 2. The van der Waals surface area contributed by atoms with Crippen LogP contribution < -0.4 is 5.32 Å². The Morgan fingerprint density at radius 2 is 1.36 bits per heavy atom. The van der Waals surface area contributed by atoms with Crippen LogP contribution in [0.15, 0.2) is 0 Å². The van der Waals surface area contributed by atoms with Gasteiger partial charge in [0, 0.05) is 20.1 Å². The topological polar surface area (TPSA) is 73.9 Å². The number of methoxy groups -OCH3 is 1. The molecule has 0 aromatic heterocycles. The van der Waals surface area contributed by atoms with E-state index in [-0.39, 0.29) is 17.9 Å². The highest BCUT2D eigenvalue weighted by Crippen LogP contribution is 2.17. The van der Waals surface area contributed by atoms with Gasteiger partial charge in [-0.25, -0.2) is 0 Å². The van der Waals surface area contributed by atoms with Gasteiger partial charge >= 0.3 is 12.1 Å². The molecular weight excluding hydrogens is 439 g/mol. The van der Waals surface area contributed by atoms with Gasteiger partial charge in [0.15, 0.2) is 6.61 Å². The minimum absolute atomic E-state index is 0.0755. The highest BCUT2D eigenvalue weighted by atomic mass is 19.4. The minimum atomic E-state index is -4.51. The van der Waals surface area contributed by atoms with Crippen molar-refractivity contribution in [3.63, 3.8) is 0 Å². The molecule has 1 N–H and O–H groups in total. The molecular formula is C24H50F3NO5. The first-order valence-corrected chi connectivity index (χ1v) is 12.0. The zero-order valence-corrected chi connectivity index (χ0v) is 22.8. The van der Waals surface area contributed by atoms with Crippen LogP contribution in [-0.2, 0) is 23.8 Å². The number of rotatable bonds is 13. The van der Waals surface area contributed by atoms with Crippen LogP contribution in [0.3, 0.4) is 0 Å². The number of amides is 1. The van der Waals surface area contributed by atoms with Crippen molar-refractivity contribution in [2.24, 2.45) is 0 Å². The molecule has 0 unspecified atom stereocenters. The Hall–Kier alpha value is -1.35. The van der Waals surface area contributed by atoms with Gasteiger partial charge < -0.3 is 19.5 Å². The summed E-state index contributed by atoms with van der Waals surface area (Å²) in [5, 5.41) is 2.76. The lowest BCUT2D eigenvalue weighted by molar-refractivity contribution is -0.186. The number of nitrogens with one attached hydrogen (secondary N) is 1. The number of carbonyl (C=O) groups is 2. The highest BCUT2D eigenvalue weighted by Gasteiger charge is 2.30. The Morgan fingerprint density at radius 1 is 0.848 bits per heavy atom. The summed E-state index contributed by atoms with van der Waals surface area (Å²) >= 11 is 0. The van der Waals surface area contributed by atoms with Crippen LogP contribution in [-0.4, -0.2) is 56.1 Å². The second-order valence-electron chi connectivity index (χ2n) is 7.42. The first-order valence-electron chi connectivity index (χ1n) is 12.0.